The van der Waals surface area contributed by atoms with E-state index in [0.717, 1.165) is 33.7 Å². The second-order valence-electron chi connectivity index (χ2n) is 9.29. The molecular weight excluding hydrogens is 520 g/mol. The van der Waals surface area contributed by atoms with Gasteiger partial charge < -0.3 is 10.1 Å². The van der Waals surface area contributed by atoms with E-state index >= 15 is 0 Å². The van der Waals surface area contributed by atoms with Crippen LogP contribution >= 0.6 is 23.4 Å². The number of hydrazone groups is 1. The predicted octanol–water partition coefficient (Wildman–Crippen LogP) is 6.14. The maximum atomic E-state index is 12.8. The average Bonchev–Trinajstić information content (AvgIpc) is 3.50. The number of halogens is 1. The zero-order valence-electron chi connectivity index (χ0n) is 21.3. The van der Waals surface area contributed by atoms with E-state index in [1.165, 1.54) is 11.8 Å². The molecule has 3 aromatic rings. The zero-order valence-corrected chi connectivity index (χ0v) is 22.8. The Labute approximate surface area is 230 Å². The first-order valence-electron chi connectivity index (χ1n) is 12.2. The van der Waals surface area contributed by atoms with Crippen LogP contribution in [0.25, 0.3) is 0 Å². The summed E-state index contributed by atoms with van der Waals surface area (Å²) < 4.78 is 5.28. The van der Waals surface area contributed by atoms with Gasteiger partial charge >= 0.3 is 0 Å². The molecule has 2 aliphatic rings. The van der Waals surface area contributed by atoms with Gasteiger partial charge in [-0.3, -0.25) is 9.59 Å². The van der Waals surface area contributed by atoms with E-state index in [2.05, 4.69) is 10.3 Å². The molecule has 0 radical (unpaired) electrons. The number of ether oxygens (including phenoxy) is 1. The van der Waals surface area contributed by atoms with Crippen LogP contribution in [0.1, 0.15) is 41.1 Å². The summed E-state index contributed by atoms with van der Waals surface area (Å²) >= 11 is 7.57. The maximum Gasteiger partial charge on any atom is 0.262 e. The van der Waals surface area contributed by atoms with E-state index in [9.17, 15) is 9.59 Å². The zero-order chi connectivity index (χ0) is 26.8. The third kappa shape index (κ3) is 5.61. The maximum absolute atomic E-state index is 12.8. The number of amides is 2. The monoisotopic (exact) mass is 546 g/mol. The van der Waals surface area contributed by atoms with E-state index in [1.807, 2.05) is 80.6 Å². The van der Waals surface area contributed by atoms with Gasteiger partial charge in [0.2, 0.25) is 5.91 Å². The van der Waals surface area contributed by atoms with Crippen molar-refractivity contribution in [3.05, 3.63) is 94.0 Å². The van der Waals surface area contributed by atoms with Gasteiger partial charge in [0.15, 0.2) is 5.17 Å². The lowest BCUT2D eigenvalue weighted by Gasteiger charge is -2.23. The van der Waals surface area contributed by atoms with Crippen LogP contribution in [0.3, 0.4) is 0 Å². The minimum absolute atomic E-state index is 0.0220. The van der Waals surface area contributed by atoms with Gasteiger partial charge in [0.05, 0.1) is 18.9 Å². The highest BCUT2D eigenvalue weighted by atomic mass is 35.5. The van der Waals surface area contributed by atoms with Gasteiger partial charge in [0.1, 0.15) is 11.0 Å². The minimum Gasteiger partial charge on any atom is -0.497 e. The Morgan fingerprint density at radius 1 is 1.11 bits per heavy atom. The molecule has 0 fully saturated rings. The van der Waals surface area contributed by atoms with Gasteiger partial charge in [-0.2, -0.15) is 10.1 Å². The molecular formula is C29H27ClN4O3S. The van der Waals surface area contributed by atoms with Crippen LogP contribution in [0.2, 0.25) is 5.02 Å². The lowest BCUT2D eigenvalue weighted by molar-refractivity contribution is -0.121. The number of carbonyl (C=O) groups excluding carboxylic acids is 2. The van der Waals surface area contributed by atoms with E-state index in [1.54, 1.807) is 12.1 Å². The molecule has 2 amide bonds. The largest absolute Gasteiger partial charge is 0.497 e. The number of hydrogen-bond donors (Lipinski definition) is 1. The number of anilines is 1. The third-order valence-corrected chi connectivity index (χ3v) is 8.03. The summed E-state index contributed by atoms with van der Waals surface area (Å²) in [6, 6.07) is 20.9. The van der Waals surface area contributed by atoms with Crippen molar-refractivity contribution < 1.29 is 14.3 Å². The molecule has 0 bridgehead atoms. The fourth-order valence-electron chi connectivity index (χ4n) is 4.42. The fourth-order valence-corrected chi connectivity index (χ4v) is 5.68. The van der Waals surface area contributed by atoms with Crippen LogP contribution in [0.15, 0.2) is 76.8 Å². The summed E-state index contributed by atoms with van der Waals surface area (Å²) in [6.07, 6.45) is 0.631. The minimum atomic E-state index is -0.614. The van der Waals surface area contributed by atoms with E-state index in [4.69, 9.17) is 21.4 Å². The summed E-state index contributed by atoms with van der Waals surface area (Å²) in [5.41, 5.74) is 5.74. The molecule has 5 rings (SSSR count). The number of carbonyl (C=O) groups is 2. The summed E-state index contributed by atoms with van der Waals surface area (Å²) in [4.78, 5) is 29.9. The molecule has 2 aliphatic heterocycles. The quantitative estimate of drug-likeness (QED) is 0.401. The van der Waals surface area contributed by atoms with Crippen molar-refractivity contribution in [1.29, 1.82) is 0 Å². The summed E-state index contributed by atoms with van der Waals surface area (Å²) in [7, 11) is 1.63. The smallest absolute Gasteiger partial charge is 0.262 e. The van der Waals surface area contributed by atoms with Gasteiger partial charge in [0.25, 0.3) is 5.91 Å². The van der Waals surface area contributed by atoms with Crippen LogP contribution in [0, 0.1) is 13.8 Å². The van der Waals surface area contributed by atoms with Crippen LogP contribution in [0.4, 0.5) is 5.69 Å². The van der Waals surface area contributed by atoms with Gasteiger partial charge in [-0.1, -0.05) is 41.6 Å². The Morgan fingerprint density at radius 3 is 2.61 bits per heavy atom. The molecule has 2 heterocycles. The Hall–Kier alpha value is -3.62. The molecule has 1 N–H and O–H groups in total. The normalized spacial score (nSPS) is 18.8. The van der Waals surface area contributed by atoms with Crippen molar-refractivity contribution in [3.8, 4) is 5.75 Å². The van der Waals surface area contributed by atoms with E-state index in [-0.39, 0.29) is 24.3 Å². The number of nitrogens with one attached hydrogen (secondary N) is 1. The molecule has 0 aliphatic carbocycles. The number of aryl methyl sites for hydroxylation is 2. The van der Waals surface area contributed by atoms with Crippen LogP contribution < -0.4 is 10.1 Å². The fraction of sp³-hybridized carbons (Fsp3) is 0.241. The molecule has 2 atom stereocenters. The van der Waals surface area contributed by atoms with Gasteiger partial charge in [-0.15, -0.1) is 0 Å². The van der Waals surface area contributed by atoms with Crippen molar-refractivity contribution in [2.45, 2.75) is 38.0 Å². The van der Waals surface area contributed by atoms with Crippen molar-refractivity contribution in [1.82, 2.24) is 5.01 Å². The summed E-state index contributed by atoms with van der Waals surface area (Å²) in [5, 5.41) is 10.1. The number of aliphatic imine (C=N–C) groups is 1. The second-order valence-corrected chi connectivity index (χ2v) is 10.9. The number of thioether (sulfide) groups is 1. The van der Waals surface area contributed by atoms with E-state index < -0.39 is 5.25 Å². The first-order valence-corrected chi connectivity index (χ1v) is 13.5. The Balaban J connectivity index is 1.35. The van der Waals surface area contributed by atoms with Gasteiger partial charge in [-0.05, 0) is 84.6 Å². The summed E-state index contributed by atoms with van der Waals surface area (Å²) in [6.45, 7) is 4.01. The Bertz CT molecular complexity index is 1450. The highest BCUT2D eigenvalue weighted by Crippen LogP contribution is 2.39. The predicted molar refractivity (Wildman–Crippen MR) is 153 cm³/mol. The van der Waals surface area contributed by atoms with Gasteiger partial charge in [-0.25, -0.2) is 5.01 Å². The lowest BCUT2D eigenvalue weighted by atomic mass is 9.98. The highest BCUT2D eigenvalue weighted by Gasteiger charge is 2.39. The molecule has 0 saturated heterocycles. The number of nitrogens with zero attached hydrogens (tertiary/aromatic N) is 3. The van der Waals surface area contributed by atoms with Crippen molar-refractivity contribution in [2.24, 2.45) is 10.1 Å². The lowest BCUT2D eigenvalue weighted by Crippen LogP contribution is -2.25. The topological polar surface area (TPSA) is 83.4 Å². The molecule has 0 spiro atoms. The first-order chi connectivity index (χ1) is 18.3. The molecule has 7 nitrogen and oxygen atoms in total. The standard InChI is InChI=1S/C29H27ClN4O3S/c1-17-7-10-22(13-18(17)2)31-27(35)16-26-28(36)32-29(38-26)34-25(20-5-4-6-21(30)14-20)15-24(33-34)19-8-11-23(37-3)12-9-19/h4-14,25-26H,15-16H2,1-3H3,(H,31,35)/t25-,26-/m1/s1. The molecule has 0 aromatic heterocycles. The average molecular weight is 547 g/mol. The van der Waals surface area contributed by atoms with Gasteiger partial charge in [0, 0.05) is 23.6 Å². The highest BCUT2D eigenvalue weighted by molar-refractivity contribution is 8.15. The number of benzene rings is 3. The van der Waals surface area contributed by atoms with Crippen molar-refractivity contribution in [2.75, 3.05) is 12.4 Å². The Morgan fingerprint density at radius 2 is 1.89 bits per heavy atom. The molecule has 38 heavy (non-hydrogen) atoms. The molecule has 3 aromatic carbocycles. The molecule has 194 valence electrons. The third-order valence-electron chi connectivity index (χ3n) is 6.65. The molecule has 0 unspecified atom stereocenters. The van der Waals surface area contributed by atoms with Crippen molar-refractivity contribution in [3.63, 3.8) is 0 Å². The summed E-state index contributed by atoms with van der Waals surface area (Å²) in [5.74, 6) is 0.197. The van der Waals surface area contributed by atoms with E-state index in [0.29, 0.717) is 22.3 Å². The van der Waals surface area contributed by atoms with Crippen molar-refractivity contribution >= 4 is 51.7 Å². The van der Waals surface area contributed by atoms with Crippen LogP contribution in [0.5, 0.6) is 5.75 Å². The molecule has 0 saturated carbocycles. The Kier molecular flexibility index (Phi) is 7.53. The first kappa shape index (κ1) is 26.0. The number of rotatable bonds is 6. The SMILES string of the molecule is COc1ccc(C2=NN(C3=NC(=O)[C@@H](CC(=O)Nc4ccc(C)c(C)c4)S3)[C@@H](c3cccc(Cl)c3)C2)cc1. The second kappa shape index (κ2) is 11.0. The number of methoxy groups -OCH3 is 1. The number of hydrogen-bond acceptors (Lipinski definition) is 6. The van der Waals surface area contributed by atoms with Crippen LogP contribution in [-0.2, 0) is 9.59 Å². The van der Waals surface area contributed by atoms with Crippen LogP contribution in [-0.4, -0.2) is 40.1 Å². The number of amidine groups is 1. The molecule has 9 heteroatoms.